The fourth-order valence-corrected chi connectivity index (χ4v) is 1.76. The van der Waals surface area contributed by atoms with Gasteiger partial charge in [-0.25, -0.2) is 0 Å². The molecule has 0 saturated heterocycles. The third-order valence-corrected chi connectivity index (χ3v) is 2.54. The van der Waals surface area contributed by atoms with Crippen LogP contribution in [0, 0.1) is 5.92 Å². The van der Waals surface area contributed by atoms with Gasteiger partial charge in [0.15, 0.2) is 0 Å². The molecule has 0 aliphatic heterocycles. The number of carbonyl (C=O) groups is 1. The Hall–Kier alpha value is -0.640. The molecule has 3 nitrogen and oxygen atoms in total. The third-order valence-electron chi connectivity index (χ3n) is 1.23. The molecule has 0 aromatic heterocycles. The SMILES string of the molecule is C=CC[C@H](C)C[S-](=O)=NC(C)=O. The van der Waals surface area contributed by atoms with Crippen molar-refractivity contribution < 1.29 is 9.00 Å². The number of nitrogens with zero attached hydrogens (tertiary/aromatic N) is 1. The molecule has 70 valence electrons. The van der Waals surface area contributed by atoms with Crippen LogP contribution in [0.5, 0.6) is 0 Å². The minimum absolute atomic E-state index is 0.270. The molecule has 0 spiro atoms. The molecule has 0 aliphatic rings. The maximum atomic E-state index is 11.0. The molecule has 0 N–H and O–H groups in total. The molecule has 0 aliphatic carbocycles. The van der Waals surface area contributed by atoms with Crippen LogP contribution in [0.15, 0.2) is 17.0 Å². The van der Waals surface area contributed by atoms with Gasteiger partial charge < -0.3 is 8.57 Å². The third kappa shape index (κ3) is 6.09. The molecule has 0 bridgehead atoms. The minimum Gasteiger partial charge on any atom is -0.444 e. The van der Waals surface area contributed by atoms with Crippen molar-refractivity contribution in [2.24, 2.45) is 10.3 Å². The molecule has 0 heterocycles. The molecule has 0 fully saturated rings. The summed E-state index contributed by atoms with van der Waals surface area (Å²) in [5.74, 6) is 0.330. The van der Waals surface area contributed by atoms with E-state index in [-0.39, 0.29) is 11.8 Å². The van der Waals surface area contributed by atoms with E-state index in [1.807, 2.05) is 6.92 Å². The summed E-state index contributed by atoms with van der Waals surface area (Å²) in [5, 5.41) is 0. The van der Waals surface area contributed by atoms with Crippen LogP contribution in [0.2, 0.25) is 0 Å². The van der Waals surface area contributed by atoms with Crippen molar-refractivity contribution in [1.82, 2.24) is 0 Å². The highest BCUT2D eigenvalue weighted by Crippen LogP contribution is 2.02. The molecular formula is C8H14NO2S-. The zero-order valence-corrected chi connectivity index (χ0v) is 8.26. The number of hydrogen-bond donors (Lipinski definition) is 0. The lowest BCUT2D eigenvalue weighted by Crippen LogP contribution is -2.01. The van der Waals surface area contributed by atoms with Crippen molar-refractivity contribution in [1.29, 1.82) is 0 Å². The van der Waals surface area contributed by atoms with E-state index >= 15 is 0 Å². The summed E-state index contributed by atoms with van der Waals surface area (Å²) in [4.78, 5) is 10.4. The Kier molecular flexibility index (Phi) is 5.62. The molecule has 0 unspecified atom stereocenters. The Morgan fingerprint density at radius 3 is 2.75 bits per heavy atom. The summed E-state index contributed by atoms with van der Waals surface area (Å²) in [6, 6.07) is 0. The average molecular weight is 188 g/mol. The van der Waals surface area contributed by atoms with Gasteiger partial charge in [-0.1, -0.05) is 24.7 Å². The van der Waals surface area contributed by atoms with Crippen LogP contribution in [0.4, 0.5) is 0 Å². The first-order chi connectivity index (χ1) is 5.56. The number of rotatable bonds is 4. The summed E-state index contributed by atoms with van der Waals surface area (Å²) in [7, 11) is -1.35. The van der Waals surface area contributed by atoms with Gasteiger partial charge in [-0.3, -0.25) is 4.79 Å². The monoisotopic (exact) mass is 188 g/mol. The van der Waals surface area contributed by atoms with Crippen LogP contribution in [-0.2, 0) is 19.6 Å². The van der Waals surface area contributed by atoms with Gasteiger partial charge >= 0.3 is 0 Å². The summed E-state index contributed by atoms with van der Waals surface area (Å²) in [6.07, 6.45) is 2.58. The van der Waals surface area contributed by atoms with E-state index in [2.05, 4.69) is 10.9 Å². The Labute approximate surface area is 75.1 Å². The lowest BCUT2D eigenvalue weighted by molar-refractivity contribution is -0.115. The molecule has 0 saturated carbocycles. The van der Waals surface area contributed by atoms with Gasteiger partial charge in [-0.05, 0) is 6.42 Å². The van der Waals surface area contributed by atoms with Crippen molar-refractivity contribution in [2.45, 2.75) is 20.3 Å². The van der Waals surface area contributed by atoms with Crippen LogP contribution in [0.1, 0.15) is 20.3 Å². The molecule has 12 heavy (non-hydrogen) atoms. The largest absolute Gasteiger partial charge is 0.444 e. The predicted molar refractivity (Wildman–Crippen MR) is 50.0 cm³/mol. The highest BCUT2D eigenvalue weighted by Gasteiger charge is 1.93. The topological polar surface area (TPSA) is 46.5 Å². The maximum Gasteiger partial charge on any atom is 0.219 e. The van der Waals surface area contributed by atoms with E-state index < -0.39 is 10.6 Å². The van der Waals surface area contributed by atoms with Crippen LogP contribution in [0.3, 0.4) is 0 Å². The van der Waals surface area contributed by atoms with Gasteiger partial charge in [-0.15, -0.1) is 6.58 Å². The second-order valence-electron chi connectivity index (χ2n) is 2.73. The zero-order chi connectivity index (χ0) is 9.56. The molecule has 0 aromatic rings. The molecule has 1 amide bonds. The Bertz CT molecular complexity index is 241. The molecular weight excluding hydrogens is 174 g/mol. The standard InChI is InChI=1S/C8H14NO2S/c1-4-5-7(2)6-12(11)9-8(3)10/h4,7H,1,5-6H2,2-3H3/q-1/t7-/m0/s1. The van der Waals surface area contributed by atoms with Crippen molar-refractivity contribution in [3.63, 3.8) is 0 Å². The van der Waals surface area contributed by atoms with Crippen LogP contribution < -0.4 is 0 Å². The molecule has 1 atom stereocenters. The second-order valence-corrected chi connectivity index (χ2v) is 3.89. The highest BCUT2D eigenvalue weighted by atomic mass is 32.2. The van der Waals surface area contributed by atoms with Crippen LogP contribution in [0.25, 0.3) is 0 Å². The van der Waals surface area contributed by atoms with Gasteiger partial charge in [0.1, 0.15) is 0 Å². The van der Waals surface area contributed by atoms with Gasteiger partial charge in [0.05, 0.1) is 0 Å². The lowest BCUT2D eigenvalue weighted by atomic mass is 10.1. The van der Waals surface area contributed by atoms with Gasteiger partial charge in [-0.2, -0.15) is 10.6 Å². The van der Waals surface area contributed by atoms with E-state index in [1.54, 1.807) is 6.08 Å². The van der Waals surface area contributed by atoms with Gasteiger partial charge in [0.2, 0.25) is 5.91 Å². The van der Waals surface area contributed by atoms with Crippen molar-refractivity contribution in [3.8, 4) is 0 Å². The lowest BCUT2D eigenvalue weighted by Gasteiger charge is -2.09. The van der Waals surface area contributed by atoms with E-state index in [0.717, 1.165) is 6.42 Å². The van der Waals surface area contributed by atoms with Crippen LogP contribution in [-0.4, -0.2) is 11.7 Å². The fourth-order valence-electron chi connectivity index (χ4n) is 0.777. The quantitative estimate of drug-likeness (QED) is 0.499. The molecule has 0 aromatic carbocycles. The summed E-state index contributed by atoms with van der Waals surface area (Å²) < 4.78 is 14.4. The predicted octanol–water partition coefficient (Wildman–Crippen LogP) is 1.89. The minimum atomic E-state index is -1.35. The first kappa shape index (κ1) is 11.4. The fraction of sp³-hybridized carbons (Fsp3) is 0.625. The number of allylic oxidation sites excluding steroid dienone is 1. The highest BCUT2D eigenvalue weighted by molar-refractivity contribution is 7.75. The van der Waals surface area contributed by atoms with Gasteiger partial charge in [0.25, 0.3) is 0 Å². The maximum absolute atomic E-state index is 11.0. The normalized spacial score (nSPS) is 15.5. The van der Waals surface area contributed by atoms with Gasteiger partial charge in [0, 0.05) is 6.92 Å². The number of amides is 1. The molecule has 0 rings (SSSR count). The van der Waals surface area contributed by atoms with E-state index in [0.29, 0.717) is 5.75 Å². The van der Waals surface area contributed by atoms with E-state index in [9.17, 15) is 9.00 Å². The first-order valence-corrected chi connectivity index (χ1v) is 5.05. The van der Waals surface area contributed by atoms with Crippen LogP contribution >= 0.6 is 0 Å². The average Bonchev–Trinajstić information content (AvgIpc) is 1.84. The number of carbonyl (C=O) groups excluding carboxylic acids is 1. The van der Waals surface area contributed by atoms with Crippen molar-refractivity contribution in [3.05, 3.63) is 12.7 Å². The van der Waals surface area contributed by atoms with E-state index in [4.69, 9.17) is 0 Å². The number of hydrogen-bond acceptors (Lipinski definition) is 3. The first-order valence-electron chi connectivity index (χ1n) is 3.78. The van der Waals surface area contributed by atoms with Crippen molar-refractivity contribution >= 4 is 16.5 Å². The second kappa shape index (κ2) is 5.94. The van der Waals surface area contributed by atoms with E-state index in [1.165, 1.54) is 6.92 Å². The Morgan fingerprint density at radius 1 is 1.75 bits per heavy atom. The Morgan fingerprint density at radius 2 is 2.33 bits per heavy atom. The Balaban J connectivity index is 4.00. The summed E-state index contributed by atoms with van der Waals surface area (Å²) in [6.45, 7) is 6.83. The summed E-state index contributed by atoms with van der Waals surface area (Å²) in [5.41, 5.74) is 0. The zero-order valence-electron chi connectivity index (χ0n) is 7.45. The smallest absolute Gasteiger partial charge is 0.219 e. The summed E-state index contributed by atoms with van der Waals surface area (Å²) >= 11 is 0. The molecule has 4 heteroatoms. The molecule has 0 radical (unpaired) electrons. The van der Waals surface area contributed by atoms with Crippen molar-refractivity contribution in [2.75, 3.05) is 5.75 Å².